The number of hydrogen-bond donors (Lipinski definition) is 2. The molecule has 1 unspecified atom stereocenters. The standard InChI is InChI=1S/C28H32N6O5/c35-23-9-8-22(25(36)31-23)34-27(38)20-6-3-7-21(24(20)28(34)39)29-14-17-15-30-33(16-17)19-10-12-32(13-11-19)26(37)18-4-1-2-5-18/h3,6-7,15-16,18-19,22,29H,1-2,4-5,8-14H2,(H,31,35,36). The molecule has 39 heavy (non-hydrogen) atoms. The van der Waals surface area contributed by atoms with Gasteiger partial charge in [0.2, 0.25) is 17.7 Å². The van der Waals surface area contributed by atoms with Crippen LogP contribution in [0.3, 0.4) is 0 Å². The Labute approximate surface area is 225 Å². The first kappa shape index (κ1) is 25.3. The maximum absolute atomic E-state index is 13.3. The van der Waals surface area contributed by atoms with Crippen LogP contribution in [0.2, 0.25) is 0 Å². The highest BCUT2D eigenvalue weighted by molar-refractivity contribution is 6.25. The molecule has 1 atom stereocenters. The number of nitrogens with zero attached hydrogens (tertiary/aromatic N) is 4. The topological polar surface area (TPSA) is 134 Å². The van der Waals surface area contributed by atoms with E-state index in [4.69, 9.17) is 0 Å². The molecule has 5 amide bonds. The van der Waals surface area contributed by atoms with Gasteiger partial charge in [-0.3, -0.25) is 38.9 Å². The smallest absolute Gasteiger partial charge is 0.264 e. The van der Waals surface area contributed by atoms with Crippen molar-refractivity contribution < 1.29 is 24.0 Å². The Hall–Kier alpha value is -4.02. The van der Waals surface area contributed by atoms with Gasteiger partial charge in [-0.2, -0.15) is 5.10 Å². The van der Waals surface area contributed by atoms with Crippen molar-refractivity contribution in [1.82, 2.24) is 24.9 Å². The van der Waals surface area contributed by atoms with Gasteiger partial charge in [-0.05, 0) is 44.2 Å². The summed E-state index contributed by atoms with van der Waals surface area (Å²) >= 11 is 0. The molecule has 0 bridgehead atoms. The van der Waals surface area contributed by atoms with Gasteiger partial charge in [-0.1, -0.05) is 18.9 Å². The number of aromatic nitrogens is 2. The summed E-state index contributed by atoms with van der Waals surface area (Å²) in [4.78, 5) is 66.0. The average Bonchev–Trinajstić information content (AvgIpc) is 3.69. The molecule has 0 spiro atoms. The fourth-order valence-corrected chi connectivity index (χ4v) is 6.31. The lowest BCUT2D eigenvalue weighted by atomic mass is 10.0. The van der Waals surface area contributed by atoms with E-state index in [9.17, 15) is 24.0 Å². The molecule has 2 aromatic rings. The lowest BCUT2D eigenvalue weighted by Gasteiger charge is -2.33. The molecule has 1 aliphatic carbocycles. The molecule has 4 heterocycles. The normalized spacial score (nSPS) is 22.4. The second-order valence-electron chi connectivity index (χ2n) is 10.9. The summed E-state index contributed by atoms with van der Waals surface area (Å²) in [6.07, 6.45) is 10.1. The number of likely N-dealkylation sites (tertiary alicyclic amines) is 1. The van der Waals surface area contributed by atoms with Crippen LogP contribution in [-0.2, 0) is 20.9 Å². The molecule has 11 heteroatoms. The first-order valence-corrected chi connectivity index (χ1v) is 13.8. The first-order chi connectivity index (χ1) is 18.9. The van der Waals surface area contributed by atoms with Crippen molar-refractivity contribution in [3.05, 3.63) is 47.3 Å². The van der Waals surface area contributed by atoms with Crippen molar-refractivity contribution in [1.29, 1.82) is 0 Å². The van der Waals surface area contributed by atoms with Crippen LogP contribution in [0.25, 0.3) is 0 Å². The number of hydrogen-bond acceptors (Lipinski definition) is 7. The molecule has 1 aromatic heterocycles. The number of anilines is 1. The van der Waals surface area contributed by atoms with E-state index in [2.05, 4.69) is 15.7 Å². The molecular formula is C28H32N6O5. The molecule has 2 saturated heterocycles. The van der Waals surface area contributed by atoms with E-state index in [0.717, 1.165) is 62.1 Å². The number of imide groups is 2. The predicted octanol–water partition coefficient (Wildman–Crippen LogP) is 2.25. The summed E-state index contributed by atoms with van der Waals surface area (Å²) < 4.78 is 1.96. The van der Waals surface area contributed by atoms with E-state index in [1.54, 1.807) is 24.4 Å². The van der Waals surface area contributed by atoms with Gasteiger partial charge >= 0.3 is 0 Å². The molecule has 6 rings (SSSR count). The number of benzene rings is 1. The average molecular weight is 533 g/mol. The largest absolute Gasteiger partial charge is 0.380 e. The van der Waals surface area contributed by atoms with Gasteiger partial charge in [0.05, 0.1) is 23.4 Å². The maximum Gasteiger partial charge on any atom is 0.264 e. The highest BCUT2D eigenvalue weighted by Gasteiger charge is 2.45. The summed E-state index contributed by atoms with van der Waals surface area (Å²) in [7, 11) is 0. The number of carbonyl (C=O) groups is 5. The van der Waals surface area contributed by atoms with Crippen molar-refractivity contribution in [3.63, 3.8) is 0 Å². The maximum atomic E-state index is 13.3. The first-order valence-electron chi connectivity index (χ1n) is 13.8. The van der Waals surface area contributed by atoms with E-state index in [1.807, 2.05) is 15.8 Å². The Morgan fingerprint density at radius 2 is 1.77 bits per heavy atom. The fraction of sp³-hybridized carbons (Fsp3) is 0.500. The van der Waals surface area contributed by atoms with Gasteiger partial charge in [-0.25, -0.2) is 0 Å². The summed E-state index contributed by atoms with van der Waals surface area (Å²) in [5.41, 5.74) is 1.91. The molecule has 4 aliphatic rings. The lowest BCUT2D eigenvalue weighted by molar-refractivity contribution is -0.137. The summed E-state index contributed by atoms with van der Waals surface area (Å²) in [5.74, 6) is -1.58. The van der Waals surface area contributed by atoms with Crippen LogP contribution in [0, 0.1) is 5.92 Å². The number of nitrogens with one attached hydrogen (secondary N) is 2. The predicted molar refractivity (Wildman–Crippen MR) is 139 cm³/mol. The lowest BCUT2D eigenvalue weighted by Crippen LogP contribution is -2.54. The molecule has 3 aliphatic heterocycles. The van der Waals surface area contributed by atoms with Crippen molar-refractivity contribution in [3.8, 4) is 0 Å². The molecule has 1 aromatic carbocycles. The van der Waals surface area contributed by atoms with Crippen LogP contribution >= 0.6 is 0 Å². The Bertz CT molecular complexity index is 1340. The van der Waals surface area contributed by atoms with Gasteiger partial charge in [0.25, 0.3) is 11.8 Å². The summed E-state index contributed by atoms with van der Waals surface area (Å²) in [6, 6.07) is 4.24. The number of amides is 5. The van der Waals surface area contributed by atoms with Gasteiger partial charge < -0.3 is 10.2 Å². The number of carbonyl (C=O) groups excluding carboxylic acids is 5. The zero-order valence-corrected chi connectivity index (χ0v) is 21.7. The third-order valence-electron chi connectivity index (χ3n) is 8.46. The van der Waals surface area contributed by atoms with Crippen molar-refractivity contribution in [2.45, 2.75) is 70.0 Å². The van der Waals surface area contributed by atoms with Crippen molar-refractivity contribution in [2.75, 3.05) is 18.4 Å². The summed E-state index contributed by atoms with van der Waals surface area (Å²) in [5, 5.41) is 10.0. The Morgan fingerprint density at radius 3 is 2.51 bits per heavy atom. The third-order valence-corrected chi connectivity index (χ3v) is 8.46. The SMILES string of the molecule is O=C1CCC(N2C(=O)c3cccc(NCc4cnn(C5CCN(C(=O)C6CCCC6)CC5)c4)c3C2=O)C(=O)N1. The van der Waals surface area contributed by atoms with Gasteiger partial charge in [0, 0.05) is 49.4 Å². The van der Waals surface area contributed by atoms with E-state index in [0.29, 0.717) is 18.1 Å². The van der Waals surface area contributed by atoms with Crippen LogP contribution < -0.4 is 10.6 Å². The molecule has 11 nitrogen and oxygen atoms in total. The van der Waals surface area contributed by atoms with Crippen molar-refractivity contribution >= 4 is 35.2 Å². The van der Waals surface area contributed by atoms with Crippen LogP contribution in [-0.4, -0.2) is 68.2 Å². The Balaban J connectivity index is 1.09. The Morgan fingerprint density at radius 1 is 1.00 bits per heavy atom. The summed E-state index contributed by atoms with van der Waals surface area (Å²) in [6.45, 7) is 1.90. The van der Waals surface area contributed by atoms with E-state index < -0.39 is 29.7 Å². The zero-order valence-electron chi connectivity index (χ0n) is 21.7. The van der Waals surface area contributed by atoms with Gasteiger partial charge in [0.1, 0.15) is 6.04 Å². The van der Waals surface area contributed by atoms with Crippen molar-refractivity contribution in [2.24, 2.45) is 5.92 Å². The van der Waals surface area contributed by atoms with Crippen LogP contribution in [0.5, 0.6) is 0 Å². The van der Waals surface area contributed by atoms with Gasteiger partial charge in [-0.15, -0.1) is 0 Å². The zero-order chi connectivity index (χ0) is 27.1. The minimum atomic E-state index is -0.999. The van der Waals surface area contributed by atoms with E-state index in [1.165, 1.54) is 0 Å². The quantitative estimate of drug-likeness (QED) is 0.545. The molecular weight excluding hydrogens is 500 g/mol. The highest BCUT2D eigenvalue weighted by atomic mass is 16.2. The number of rotatable bonds is 6. The molecule has 1 saturated carbocycles. The minimum Gasteiger partial charge on any atom is -0.380 e. The molecule has 204 valence electrons. The monoisotopic (exact) mass is 532 g/mol. The number of piperidine rings is 2. The Kier molecular flexibility index (Phi) is 6.66. The second-order valence-corrected chi connectivity index (χ2v) is 10.9. The molecule has 2 N–H and O–H groups in total. The second kappa shape index (κ2) is 10.3. The fourth-order valence-electron chi connectivity index (χ4n) is 6.31. The third kappa shape index (κ3) is 4.70. The van der Waals surface area contributed by atoms with E-state index >= 15 is 0 Å². The highest BCUT2D eigenvalue weighted by Crippen LogP contribution is 2.33. The number of fused-ring (bicyclic) bond motifs is 1. The molecule has 0 radical (unpaired) electrons. The van der Waals surface area contributed by atoms with Crippen LogP contribution in [0.15, 0.2) is 30.6 Å². The molecule has 3 fully saturated rings. The van der Waals surface area contributed by atoms with Gasteiger partial charge in [0.15, 0.2) is 0 Å². The van der Waals surface area contributed by atoms with E-state index in [-0.39, 0.29) is 35.9 Å². The van der Waals surface area contributed by atoms with Crippen LogP contribution in [0.1, 0.15) is 83.7 Å². The minimum absolute atomic E-state index is 0.0781. The van der Waals surface area contributed by atoms with Crippen LogP contribution in [0.4, 0.5) is 5.69 Å².